The summed E-state index contributed by atoms with van der Waals surface area (Å²) in [6.07, 6.45) is 0. The molecule has 2 nitrogen and oxygen atoms in total. The summed E-state index contributed by atoms with van der Waals surface area (Å²) in [6.45, 7) is 0. The molecule has 280 valence electrons. The molecule has 0 saturated heterocycles. The predicted octanol–water partition coefficient (Wildman–Crippen LogP) is 15.6. The molecular weight excluding hydrogens is 795 g/mol. The van der Waals surface area contributed by atoms with E-state index in [1.807, 2.05) is 6.07 Å². The average Bonchev–Trinajstić information content (AvgIpc) is 4.04. The topological polar surface area (TPSA) is 18.1 Å². The summed E-state index contributed by atoms with van der Waals surface area (Å²) < 4.78 is 9.79. The number of hydrogen-bond donors (Lipinski definition) is 0. The Kier molecular flexibility index (Phi) is 7.11. The summed E-state index contributed by atoms with van der Waals surface area (Å²) in [5.74, 6) is 0. The van der Waals surface area contributed by atoms with Crippen LogP contribution in [0.15, 0.2) is 215 Å². The van der Waals surface area contributed by atoms with Gasteiger partial charge >= 0.3 is 0 Å². The van der Waals surface area contributed by atoms with E-state index in [-0.39, 0.29) is 0 Å². The van der Waals surface area contributed by atoms with Crippen LogP contribution in [0.5, 0.6) is 0 Å². The van der Waals surface area contributed by atoms with E-state index in [1.54, 1.807) is 0 Å². The van der Waals surface area contributed by atoms with Crippen LogP contribution in [0.2, 0.25) is 0 Å². The van der Waals surface area contributed by atoms with Crippen molar-refractivity contribution in [2.75, 3.05) is 0 Å². The van der Waals surface area contributed by atoms with Crippen LogP contribution < -0.4 is 0 Å². The van der Waals surface area contributed by atoms with Gasteiger partial charge in [-0.3, -0.25) is 0 Å². The Morgan fingerprint density at radius 1 is 0.383 bits per heavy atom. The van der Waals surface area contributed by atoms with Gasteiger partial charge in [0.05, 0.1) is 16.6 Å². The number of para-hydroxylation sites is 3. The molecule has 2 aromatic heterocycles. The van der Waals surface area contributed by atoms with Gasteiger partial charge < -0.3 is 8.98 Å². The Balaban J connectivity index is 1.09. The van der Waals surface area contributed by atoms with Crippen molar-refractivity contribution in [1.82, 2.24) is 4.57 Å². The highest BCUT2D eigenvalue weighted by Gasteiger charge is 2.51. The second kappa shape index (κ2) is 12.6. The molecule has 13 rings (SSSR count). The highest BCUT2D eigenvalue weighted by atomic mass is 79.9. The molecule has 0 atom stereocenters. The lowest BCUT2D eigenvalue weighted by molar-refractivity contribution is 0.669. The van der Waals surface area contributed by atoms with Gasteiger partial charge in [-0.2, -0.15) is 0 Å². The first-order valence-corrected chi connectivity index (χ1v) is 21.3. The van der Waals surface area contributed by atoms with E-state index in [9.17, 15) is 0 Å². The molecule has 0 aliphatic heterocycles. The number of nitrogens with zero attached hydrogens (tertiary/aromatic N) is 1. The van der Waals surface area contributed by atoms with Crippen molar-refractivity contribution >= 4 is 48.8 Å². The SMILES string of the molecule is Brc1ccc2c(c1)C1(c3ccccc3-c3ccccc31)c1cc(-c3cc(-c4ccc5oc6ccccc6c5c4)cc(-c4cc5ccccc5n4-c4ccccc4)c3)ccc1-2. The highest BCUT2D eigenvalue weighted by molar-refractivity contribution is 9.10. The molecule has 2 aliphatic carbocycles. The number of halogens is 1. The second-order valence-corrected chi connectivity index (χ2v) is 17.1. The third-order valence-corrected chi connectivity index (χ3v) is 13.5. The number of fused-ring (bicyclic) bond motifs is 14. The van der Waals surface area contributed by atoms with Crippen molar-refractivity contribution in [3.63, 3.8) is 0 Å². The standard InChI is InChI=1S/C57H34BrNO/c58-41-24-26-46-45-25-22-36(32-51(45)57(52(46)34-41)49-18-8-5-15-43(49)44-16-6-9-19-50(44)57)39-28-38(35-23-27-56-48(31-35)47-17-7-11-21-55(47)60-56)29-40(30-39)54-33-37-12-4-10-20-53(37)59(54)42-13-2-1-3-14-42/h1-34H. The van der Waals surface area contributed by atoms with Crippen LogP contribution in [0.25, 0.3) is 94.3 Å². The first-order valence-electron chi connectivity index (χ1n) is 20.5. The molecule has 9 aromatic carbocycles. The minimum absolute atomic E-state index is 0.453. The molecule has 11 aromatic rings. The molecule has 0 N–H and O–H groups in total. The van der Waals surface area contributed by atoms with Gasteiger partial charge in [0.2, 0.25) is 0 Å². The van der Waals surface area contributed by atoms with Crippen LogP contribution in [0.1, 0.15) is 22.3 Å². The van der Waals surface area contributed by atoms with Crippen LogP contribution in [-0.2, 0) is 5.41 Å². The molecule has 0 fully saturated rings. The van der Waals surface area contributed by atoms with E-state index in [4.69, 9.17) is 4.42 Å². The van der Waals surface area contributed by atoms with Crippen molar-refractivity contribution < 1.29 is 4.42 Å². The predicted molar refractivity (Wildman–Crippen MR) is 251 cm³/mol. The molecule has 1 spiro atoms. The third kappa shape index (κ3) is 4.70. The Morgan fingerprint density at radius 2 is 0.967 bits per heavy atom. The lowest BCUT2D eigenvalue weighted by Crippen LogP contribution is -2.25. The normalized spacial score (nSPS) is 13.2. The first-order chi connectivity index (χ1) is 29.6. The Morgan fingerprint density at radius 3 is 1.77 bits per heavy atom. The number of benzene rings is 9. The first kappa shape index (κ1) is 33.7. The lowest BCUT2D eigenvalue weighted by atomic mass is 9.70. The van der Waals surface area contributed by atoms with E-state index in [0.29, 0.717) is 0 Å². The van der Waals surface area contributed by atoms with E-state index < -0.39 is 5.41 Å². The monoisotopic (exact) mass is 827 g/mol. The molecule has 0 amide bonds. The summed E-state index contributed by atoms with van der Waals surface area (Å²) in [5, 5.41) is 3.45. The van der Waals surface area contributed by atoms with Gasteiger partial charge in [0.25, 0.3) is 0 Å². The summed E-state index contributed by atoms with van der Waals surface area (Å²) in [7, 11) is 0. The number of hydrogen-bond acceptors (Lipinski definition) is 1. The number of furan rings is 1. The van der Waals surface area contributed by atoms with E-state index in [1.165, 1.54) is 66.5 Å². The molecule has 60 heavy (non-hydrogen) atoms. The van der Waals surface area contributed by atoms with E-state index >= 15 is 0 Å². The lowest BCUT2D eigenvalue weighted by Gasteiger charge is -2.31. The van der Waals surface area contributed by atoms with E-state index in [0.717, 1.165) is 54.5 Å². The van der Waals surface area contributed by atoms with Crippen molar-refractivity contribution in [3.05, 3.63) is 233 Å². The van der Waals surface area contributed by atoms with Gasteiger partial charge in [-0.15, -0.1) is 0 Å². The molecule has 3 heteroatoms. The molecule has 2 aliphatic rings. The van der Waals surface area contributed by atoms with Gasteiger partial charge in [-0.25, -0.2) is 0 Å². The zero-order valence-corrected chi connectivity index (χ0v) is 33.9. The van der Waals surface area contributed by atoms with Crippen LogP contribution in [0.3, 0.4) is 0 Å². The minimum atomic E-state index is -0.453. The molecule has 0 unspecified atom stereocenters. The fourth-order valence-electron chi connectivity index (χ4n) is 10.5. The van der Waals surface area contributed by atoms with Crippen LogP contribution >= 0.6 is 15.9 Å². The zero-order valence-electron chi connectivity index (χ0n) is 32.4. The van der Waals surface area contributed by atoms with Crippen LogP contribution in [0.4, 0.5) is 0 Å². The fourth-order valence-corrected chi connectivity index (χ4v) is 10.9. The second-order valence-electron chi connectivity index (χ2n) is 16.2. The third-order valence-electron chi connectivity index (χ3n) is 13.0. The number of rotatable bonds is 4. The van der Waals surface area contributed by atoms with Crippen molar-refractivity contribution in [2.24, 2.45) is 0 Å². The maximum atomic E-state index is 6.29. The molecule has 2 heterocycles. The zero-order chi connectivity index (χ0) is 39.5. The summed E-state index contributed by atoms with van der Waals surface area (Å²) >= 11 is 3.88. The van der Waals surface area contributed by atoms with Gasteiger partial charge in [-0.1, -0.05) is 143 Å². The molecular formula is C57H34BrNO. The smallest absolute Gasteiger partial charge is 0.135 e. The highest BCUT2D eigenvalue weighted by Crippen LogP contribution is 2.63. The van der Waals surface area contributed by atoms with Gasteiger partial charge in [-0.05, 0) is 151 Å². The van der Waals surface area contributed by atoms with Gasteiger partial charge in [0.1, 0.15) is 11.2 Å². The molecule has 0 radical (unpaired) electrons. The van der Waals surface area contributed by atoms with Crippen molar-refractivity contribution in [3.8, 4) is 61.5 Å². The molecule has 0 saturated carbocycles. The average molecular weight is 829 g/mol. The van der Waals surface area contributed by atoms with Crippen LogP contribution in [-0.4, -0.2) is 4.57 Å². The Bertz CT molecular complexity index is 3520. The maximum absolute atomic E-state index is 6.29. The van der Waals surface area contributed by atoms with Gasteiger partial charge in [0, 0.05) is 26.3 Å². The number of aromatic nitrogens is 1. The van der Waals surface area contributed by atoms with Crippen LogP contribution in [0, 0.1) is 0 Å². The Labute approximate surface area is 355 Å². The van der Waals surface area contributed by atoms with Crippen molar-refractivity contribution in [1.29, 1.82) is 0 Å². The van der Waals surface area contributed by atoms with E-state index in [2.05, 4.69) is 221 Å². The summed E-state index contributed by atoms with van der Waals surface area (Å²) in [5.41, 5.74) is 21.1. The largest absolute Gasteiger partial charge is 0.456 e. The summed E-state index contributed by atoms with van der Waals surface area (Å²) in [4.78, 5) is 0. The quantitative estimate of drug-likeness (QED) is 0.173. The van der Waals surface area contributed by atoms with Gasteiger partial charge in [0.15, 0.2) is 0 Å². The molecule has 0 bridgehead atoms. The van der Waals surface area contributed by atoms with Crippen molar-refractivity contribution in [2.45, 2.75) is 5.41 Å². The fraction of sp³-hybridized carbons (Fsp3) is 0.0175. The maximum Gasteiger partial charge on any atom is 0.135 e. The minimum Gasteiger partial charge on any atom is -0.456 e. The Hall–Kier alpha value is -7.20. The summed E-state index contributed by atoms with van der Waals surface area (Å²) in [6, 6.07) is 75.9.